The molecule has 1 amide bonds. The van der Waals surface area contributed by atoms with Crippen molar-refractivity contribution in [3.05, 3.63) is 53.5 Å². The highest BCUT2D eigenvalue weighted by molar-refractivity contribution is 6.07. The molecule has 3 nitrogen and oxygen atoms in total. The zero-order valence-corrected chi connectivity index (χ0v) is 12.8. The van der Waals surface area contributed by atoms with E-state index < -0.39 is 0 Å². The SMILES string of the molecule is Cc1occc1C(=O)N1c2ccccc2CCC1C(C)C. The van der Waals surface area contributed by atoms with Gasteiger partial charge in [-0.25, -0.2) is 0 Å². The first-order chi connectivity index (χ1) is 10.1. The van der Waals surface area contributed by atoms with Gasteiger partial charge in [0.05, 0.1) is 11.8 Å². The van der Waals surface area contributed by atoms with Crippen LogP contribution in [0.4, 0.5) is 5.69 Å². The Kier molecular flexibility index (Phi) is 3.58. The van der Waals surface area contributed by atoms with E-state index in [1.54, 1.807) is 12.3 Å². The second-order valence-electron chi connectivity index (χ2n) is 6.04. The molecule has 3 heteroatoms. The first-order valence-corrected chi connectivity index (χ1v) is 7.55. The second-order valence-corrected chi connectivity index (χ2v) is 6.04. The fraction of sp³-hybridized carbons (Fsp3) is 0.389. The molecule has 21 heavy (non-hydrogen) atoms. The van der Waals surface area contributed by atoms with Crippen LogP contribution in [0.3, 0.4) is 0 Å². The van der Waals surface area contributed by atoms with Gasteiger partial charge in [0.1, 0.15) is 5.76 Å². The smallest absolute Gasteiger partial charge is 0.262 e. The molecule has 1 aromatic heterocycles. The molecule has 110 valence electrons. The average molecular weight is 283 g/mol. The number of carbonyl (C=O) groups is 1. The Morgan fingerprint density at radius 2 is 2.05 bits per heavy atom. The number of rotatable bonds is 2. The van der Waals surface area contributed by atoms with Crippen molar-refractivity contribution in [2.75, 3.05) is 4.90 Å². The summed E-state index contributed by atoms with van der Waals surface area (Å²) in [6.07, 6.45) is 3.63. The van der Waals surface area contributed by atoms with E-state index in [0.29, 0.717) is 17.2 Å². The van der Waals surface area contributed by atoms with E-state index in [1.165, 1.54) is 5.56 Å². The molecule has 0 radical (unpaired) electrons. The van der Waals surface area contributed by atoms with Crippen LogP contribution in [0.1, 0.15) is 41.9 Å². The molecule has 1 aliphatic heterocycles. The largest absolute Gasteiger partial charge is 0.469 e. The molecule has 0 bridgehead atoms. The minimum Gasteiger partial charge on any atom is -0.469 e. The fourth-order valence-corrected chi connectivity index (χ4v) is 3.20. The fourth-order valence-electron chi connectivity index (χ4n) is 3.20. The van der Waals surface area contributed by atoms with Crippen LogP contribution in [-0.4, -0.2) is 11.9 Å². The maximum Gasteiger partial charge on any atom is 0.262 e. The third-order valence-electron chi connectivity index (χ3n) is 4.37. The van der Waals surface area contributed by atoms with E-state index in [9.17, 15) is 4.79 Å². The van der Waals surface area contributed by atoms with Crippen LogP contribution in [-0.2, 0) is 6.42 Å². The first-order valence-electron chi connectivity index (χ1n) is 7.55. The van der Waals surface area contributed by atoms with E-state index in [-0.39, 0.29) is 11.9 Å². The van der Waals surface area contributed by atoms with Gasteiger partial charge in [0.15, 0.2) is 0 Å². The summed E-state index contributed by atoms with van der Waals surface area (Å²) >= 11 is 0. The maximum atomic E-state index is 13.0. The standard InChI is InChI=1S/C18H21NO2/c1-12(2)16-9-8-14-6-4-5-7-17(14)19(16)18(20)15-10-11-21-13(15)3/h4-7,10-12,16H,8-9H2,1-3H3. The lowest BCUT2D eigenvalue weighted by molar-refractivity contribution is 0.0963. The van der Waals surface area contributed by atoms with Crippen LogP contribution in [0, 0.1) is 12.8 Å². The number of hydrogen-bond donors (Lipinski definition) is 0. The lowest BCUT2D eigenvalue weighted by Gasteiger charge is -2.39. The van der Waals surface area contributed by atoms with Crippen LogP contribution < -0.4 is 4.90 Å². The van der Waals surface area contributed by atoms with Crippen LogP contribution in [0.2, 0.25) is 0 Å². The van der Waals surface area contributed by atoms with Gasteiger partial charge in [-0.1, -0.05) is 32.0 Å². The predicted molar refractivity (Wildman–Crippen MR) is 83.6 cm³/mol. The molecular weight excluding hydrogens is 262 g/mol. The molecule has 2 heterocycles. The lowest BCUT2D eigenvalue weighted by Crippen LogP contribution is -2.46. The van der Waals surface area contributed by atoms with Gasteiger partial charge in [0, 0.05) is 11.7 Å². The Hall–Kier alpha value is -2.03. The van der Waals surface area contributed by atoms with Gasteiger partial charge in [-0.3, -0.25) is 4.79 Å². The molecule has 1 aliphatic rings. The number of carbonyl (C=O) groups excluding carboxylic acids is 1. The topological polar surface area (TPSA) is 33.5 Å². The minimum atomic E-state index is 0.0482. The van der Waals surface area contributed by atoms with Gasteiger partial charge in [0.2, 0.25) is 0 Å². The molecule has 0 aliphatic carbocycles. The maximum absolute atomic E-state index is 13.0. The summed E-state index contributed by atoms with van der Waals surface area (Å²) in [5.74, 6) is 1.16. The number of para-hydroxylation sites is 1. The Morgan fingerprint density at radius 1 is 1.29 bits per heavy atom. The summed E-state index contributed by atoms with van der Waals surface area (Å²) in [6.45, 7) is 6.20. The van der Waals surface area contributed by atoms with E-state index in [2.05, 4.69) is 26.0 Å². The number of furan rings is 1. The van der Waals surface area contributed by atoms with Gasteiger partial charge >= 0.3 is 0 Å². The van der Waals surface area contributed by atoms with Crippen LogP contribution in [0.15, 0.2) is 41.0 Å². The number of nitrogens with zero attached hydrogens (tertiary/aromatic N) is 1. The summed E-state index contributed by atoms with van der Waals surface area (Å²) in [4.78, 5) is 15.0. The zero-order valence-electron chi connectivity index (χ0n) is 12.8. The minimum absolute atomic E-state index is 0.0482. The molecule has 1 aromatic carbocycles. The van der Waals surface area contributed by atoms with Gasteiger partial charge in [-0.05, 0) is 43.4 Å². The highest BCUT2D eigenvalue weighted by Crippen LogP contribution is 2.35. The number of anilines is 1. The summed E-state index contributed by atoms with van der Waals surface area (Å²) in [5.41, 5.74) is 2.97. The van der Waals surface area contributed by atoms with E-state index in [4.69, 9.17) is 4.42 Å². The second kappa shape index (κ2) is 5.40. The molecular formula is C18H21NO2. The van der Waals surface area contributed by atoms with Crippen LogP contribution in [0.5, 0.6) is 0 Å². The van der Waals surface area contributed by atoms with Crippen molar-refractivity contribution in [3.63, 3.8) is 0 Å². The Bertz CT molecular complexity index is 657. The molecule has 1 unspecified atom stereocenters. The van der Waals surface area contributed by atoms with Crippen molar-refractivity contribution in [1.82, 2.24) is 0 Å². The third kappa shape index (κ3) is 2.37. The molecule has 1 atom stereocenters. The van der Waals surface area contributed by atoms with Crippen molar-refractivity contribution in [3.8, 4) is 0 Å². The summed E-state index contributed by atoms with van der Waals surface area (Å²) in [5, 5.41) is 0. The van der Waals surface area contributed by atoms with Crippen molar-refractivity contribution >= 4 is 11.6 Å². The van der Waals surface area contributed by atoms with Crippen molar-refractivity contribution in [2.24, 2.45) is 5.92 Å². The number of amides is 1. The van der Waals surface area contributed by atoms with Gasteiger partial charge in [0.25, 0.3) is 5.91 Å². The van der Waals surface area contributed by atoms with Gasteiger partial charge in [-0.15, -0.1) is 0 Å². The van der Waals surface area contributed by atoms with Crippen LogP contribution >= 0.6 is 0 Å². The molecule has 0 N–H and O–H groups in total. The number of hydrogen-bond acceptors (Lipinski definition) is 2. The average Bonchev–Trinajstić information content (AvgIpc) is 2.91. The quantitative estimate of drug-likeness (QED) is 0.827. The van der Waals surface area contributed by atoms with Crippen molar-refractivity contribution < 1.29 is 9.21 Å². The van der Waals surface area contributed by atoms with Gasteiger partial charge < -0.3 is 9.32 Å². The third-order valence-corrected chi connectivity index (χ3v) is 4.37. The van der Waals surface area contributed by atoms with Crippen LogP contribution in [0.25, 0.3) is 0 Å². The van der Waals surface area contributed by atoms with Gasteiger partial charge in [-0.2, -0.15) is 0 Å². The number of benzene rings is 1. The molecule has 0 saturated carbocycles. The van der Waals surface area contributed by atoms with Crippen molar-refractivity contribution in [1.29, 1.82) is 0 Å². The number of fused-ring (bicyclic) bond motifs is 1. The Morgan fingerprint density at radius 3 is 2.71 bits per heavy atom. The zero-order chi connectivity index (χ0) is 15.0. The highest BCUT2D eigenvalue weighted by atomic mass is 16.3. The molecule has 2 aromatic rings. The van der Waals surface area contributed by atoms with Crippen molar-refractivity contribution in [2.45, 2.75) is 39.7 Å². The monoisotopic (exact) mass is 283 g/mol. The first kappa shape index (κ1) is 13.9. The summed E-state index contributed by atoms with van der Waals surface area (Å²) in [6, 6.07) is 10.2. The van der Waals surface area contributed by atoms with E-state index >= 15 is 0 Å². The Balaban J connectivity index is 2.07. The number of aryl methyl sites for hydroxylation is 2. The molecule has 0 saturated heterocycles. The predicted octanol–water partition coefficient (Wildman–Crippen LogP) is 4.21. The summed E-state index contributed by atoms with van der Waals surface area (Å²) < 4.78 is 5.31. The molecule has 0 spiro atoms. The highest BCUT2D eigenvalue weighted by Gasteiger charge is 2.34. The summed E-state index contributed by atoms with van der Waals surface area (Å²) in [7, 11) is 0. The lowest BCUT2D eigenvalue weighted by atomic mass is 9.88. The molecule has 0 fully saturated rings. The van der Waals surface area contributed by atoms with E-state index in [1.807, 2.05) is 24.0 Å². The Labute approximate surface area is 125 Å². The van der Waals surface area contributed by atoms with E-state index in [0.717, 1.165) is 18.5 Å². The normalized spacial score (nSPS) is 17.9. The molecule has 3 rings (SSSR count).